The van der Waals surface area contributed by atoms with Crippen LogP contribution in [0.4, 0.5) is 0 Å². The lowest BCUT2D eigenvalue weighted by molar-refractivity contribution is 0.268. The first-order chi connectivity index (χ1) is 10.2. The van der Waals surface area contributed by atoms with E-state index in [2.05, 4.69) is 37.6 Å². The van der Waals surface area contributed by atoms with Crippen LogP contribution in [0, 0.1) is 5.92 Å². The van der Waals surface area contributed by atoms with E-state index in [4.69, 9.17) is 9.15 Å². The molecule has 0 aliphatic rings. The Hall–Kier alpha value is -1.39. The van der Waals surface area contributed by atoms with Gasteiger partial charge in [0.15, 0.2) is 0 Å². The van der Waals surface area contributed by atoms with Crippen molar-refractivity contribution in [2.45, 2.75) is 31.9 Å². The van der Waals surface area contributed by atoms with Gasteiger partial charge in [-0.15, -0.1) is 11.8 Å². The lowest BCUT2D eigenvalue weighted by atomic mass is 10.2. The molecule has 0 spiro atoms. The van der Waals surface area contributed by atoms with Gasteiger partial charge < -0.3 is 14.5 Å². The minimum atomic E-state index is 0.463. The standard InChI is InChI=1S/C17H23NO2S/c1-13(2)10-18-11-14-8-9-19-17(14)12-20-15-4-6-16(21-3)7-5-15/h4-9,13,18H,10-12H2,1-3H3. The molecule has 0 aliphatic carbocycles. The van der Waals surface area contributed by atoms with Crippen LogP contribution in [0.15, 0.2) is 45.9 Å². The molecule has 2 rings (SSSR count). The zero-order chi connectivity index (χ0) is 15.1. The molecule has 1 heterocycles. The molecule has 3 nitrogen and oxygen atoms in total. The highest BCUT2D eigenvalue weighted by molar-refractivity contribution is 7.98. The van der Waals surface area contributed by atoms with Crippen LogP contribution < -0.4 is 10.1 Å². The quantitative estimate of drug-likeness (QED) is 0.736. The SMILES string of the molecule is CSc1ccc(OCc2occc2CNCC(C)C)cc1. The van der Waals surface area contributed by atoms with Gasteiger partial charge in [0.2, 0.25) is 0 Å². The average Bonchev–Trinajstić information content (AvgIpc) is 2.93. The summed E-state index contributed by atoms with van der Waals surface area (Å²) >= 11 is 1.72. The van der Waals surface area contributed by atoms with Crippen LogP contribution in [-0.4, -0.2) is 12.8 Å². The highest BCUT2D eigenvalue weighted by Crippen LogP contribution is 2.20. The van der Waals surface area contributed by atoms with Gasteiger partial charge in [-0.1, -0.05) is 13.8 Å². The Morgan fingerprint density at radius 3 is 2.62 bits per heavy atom. The van der Waals surface area contributed by atoms with Gasteiger partial charge in [0, 0.05) is 17.0 Å². The van der Waals surface area contributed by atoms with E-state index in [0.717, 1.165) is 30.2 Å². The van der Waals surface area contributed by atoms with E-state index in [-0.39, 0.29) is 0 Å². The summed E-state index contributed by atoms with van der Waals surface area (Å²) in [6, 6.07) is 10.1. The van der Waals surface area contributed by atoms with Crippen molar-refractivity contribution in [3.05, 3.63) is 47.9 Å². The van der Waals surface area contributed by atoms with E-state index in [1.807, 2.05) is 18.2 Å². The van der Waals surface area contributed by atoms with Crippen molar-refractivity contribution in [2.75, 3.05) is 12.8 Å². The predicted molar refractivity (Wildman–Crippen MR) is 87.8 cm³/mol. The molecule has 0 amide bonds. The highest BCUT2D eigenvalue weighted by atomic mass is 32.2. The predicted octanol–water partition coefficient (Wildman–Crippen LogP) is 4.33. The third kappa shape index (κ3) is 5.14. The van der Waals surface area contributed by atoms with Gasteiger partial charge in [-0.05, 0) is 49.1 Å². The third-order valence-corrected chi connectivity index (χ3v) is 3.88. The Kier molecular flexibility index (Phi) is 6.21. The van der Waals surface area contributed by atoms with Crippen LogP contribution in [0.25, 0.3) is 0 Å². The molecular formula is C17H23NO2S. The maximum absolute atomic E-state index is 5.79. The molecule has 0 radical (unpaired) electrons. The fraction of sp³-hybridized carbons (Fsp3) is 0.412. The normalized spacial score (nSPS) is 11.0. The molecule has 1 N–H and O–H groups in total. The lowest BCUT2D eigenvalue weighted by Gasteiger charge is -2.09. The van der Waals surface area contributed by atoms with Crippen LogP contribution >= 0.6 is 11.8 Å². The summed E-state index contributed by atoms with van der Waals surface area (Å²) in [5.74, 6) is 2.40. The van der Waals surface area contributed by atoms with Crippen molar-refractivity contribution in [3.8, 4) is 5.75 Å². The van der Waals surface area contributed by atoms with Gasteiger partial charge in [0.1, 0.15) is 18.1 Å². The molecule has 2 aromatic rings. The molecule has 1 aromatic heterocycles. The van der Waals surface area contributed by atoms with Gasteiger partial charge in [-0.3, -0.25) is 0 Å². The van der Waals surface area contributed by atoms with E-state index in [1.54, 1.807) is 18.0 Å². The fourth-order valence-electron chi connectivity index (χ4n) is 1.97. The van der Waals surface area contributed by atoms with Crippen molar-refractivity contribution < 1.29 is 9.15 Å². The smallest absolute Gasteiger partial charge is 0.146 e. The number of hydrogen-bond donors (Lipinski definition) is 1. The molecule has 0 atom stereocenters. The molecular weight excluding hydrogens is 282 g/mol. The lowest BCUT2D eigenvalue weighted by Crippen LogP contribution is -2.19. The van der Waals surface area contributed by atoms with Gasteiger partial charge >= 0.3 is 0 Å². The van der Waals surface area contributed by atoms with Gasteiger partial charge in [0.25, 0.3) is 0 Å². The van der Waals surface area contributed by atoms with E-state index in [9.17, 15) is 0 Å². The summed E-state index contributed by atoms with van der Waals surface area (Å²) in [4.78, 5) is 1.24. The summed E-state index contributed by atoms with van der Waals surface area (Å²) in [7, 11) is 0. The Balaban J connectivity index is 1.86. The second-order valence-electron chi connectivity index (χ2n) is 5.36. The van der Waals surface area contributed by atoms with Crippen molar-refractivity contribution >= 4 is 11.8 Å². The molecule has 0 aliphatic heterocycles. The van der Waals surface area contributed by atoms with Crippen LogP contribution in [0.5, 0.6) is 5.75 Å². The molecule has 4 heteroatoms. The second-order valence-corrected chi connectivity index (χ2v) is 6.24. The van der Waals surface area contributed by atoms with Gasteiger partial charge in [-0.25, -0.2) is 0 Å². The second kappa shape index (κ2) is 8.15. The first kappa shape index (κ1) is 16.0. The van der Waals surface area contributed by atoms with Crippen molar-refractivity contribution in [1.82, 2.24) is 5.32 Å². The largest absolute Gasteiger partial charge is 0.486 e. The molecule has 114 valence electrons. The summed E-state index contributed by atoms with van der Waals surface area (Å²) in [5, 5.41) is 3.42. The Labute approximate surface area is 131 Å². The molecule has 0 saturated carbocycles. The number of ether oxygens (including phenoxy) is 1. The van der Waals surface area contributed by atoms with E-state index >= 15 is 0 Å². The zero-order valence-electron chi connectivity index (χ0n) is 12.9. The number of benzene rings is 1. The molecule has 21 heavy (non-hydrogen) atoms. The maximum Gasteiger partial charge on any atom is 0.146 e. The monoisotopic (exact) mass is 305 g/mol. The van der Waals surface area contributed by atoms with E-state index in [1.165, 1.54) is 4.90 Å². The van der Waals surface area contributed by atoms with Crippen molar-refractivity contribution in [2.24, 2.45) is 5.92 Å². The van der Waals surface area contributed by atoms with Crippen LogP contribution in [0.3, 0.4) is 0 Å². The summed E-state index contributed by atoms with van der Waals surface area (Å²) in [6.07, 6.45) is 3.79. The summed E-state index contributed by atoms with van der Waals surface area (Å²) in [5.41, 5.74) is 1.16. The highest BCUT2D eigenvalue weighted by Gasteiger charge is 2.07. The summed E-state index contributed by atoms with van der Waals surface area (Å²) < 4.78 is 11.3. The Morgan fingerprint density at radius 1 is 1.19 bits per heavy atom. The Bertz CT molecular complexity index is 534. The first-order valence-corrected chi connectivity index (χ1v) is 8.44. The number of furan rings is 1. The third-order valence-electron chi connectivity index (χ3n) is 3.14. The minimum absolute atomic E-state index is 0.463. The van der Waals surface area contributed by atoms with E-state index in [0.29, 0.717) is 12.5 Å². The topological polar surface area (TPSA) is 34.4 Å². The molecule has 0 unspecified atom stereocenters. The van der Waals surface area contributed by atoms with Crippen LogP contribution in [0.2, 0.25) is 0 Å². The van der Waals surface area contributed by atoms with Crippen molar-refractivity contribution in [1.29, 1.82) is 0 Å². The van der Waals surface area contributed by atoms with Crippen molar-refractivity contribution in [3.63, 3.8) is 0 Å². The number of nitrogens with one attached hydrogen (secondary N) is 1. The van der Waals surface area contributed by atoms with Gasteiger partial charge in [-0.2, -0.15) is 0 Å². The number of rotatable bonds is 8. The molecule has 0 fully saturated rings. The maximum atomic E-state index is 5.79. The molecule has 0 saturated heterocycles. The Morgan fingerprint density at radius 2 is 1.95 bits per heavy atom. The molecule has 1 aromatic carbocycles. The average molecular weight is 305 g/mol. The van der Waals surface area contributed by atoms with E-state index < -0.39 is 0 Å². The summed E-state index contributed by atoms with van der Waals surface area (Å²) in [6.45, 7) is 6.68. The van der Waals surface area contributed by atoms with Gasteiger partial charge in [0.05, 0.1) is 6.26 Å². The first-order valence-electron chi connectivity index (χ1n) is 7.22. The number of hydrogen-bond acceptors (Lipinski definition) is 4. The minimum Gasteiger partial charge on any atom is -0.486 e. The fourth-order valence-corrected chi connectivity index (χ4v) is 2.38. The molecule has 0 bridgehead atoms. The van der Waals surface area contributed by atoms with Crippen LogP contribution in [-0.2, 0) is 13.2 Å². The van der Waals surface area contributed by atoms with Crippen LogP contribution in [0.1, 0.15) is 25.2 Å². The zero-order valence-corrected chi connectivity index (χ0v) is 13.7. The number of thioether (sulfide) groups is 1.